The fraction of sp³-hybridized carbons (Fsp3) is 0.375. The van der Waals surface area contributed by atoms with Crippen LogP contribution < -0.4 is 9.47 Å². The molecule has 0 aliphatic carbocycles. The molecule has 3 heterocycles. The number of likely N-dealkylation sites (tertiary alicyclic amines) is 1. The van der Waals surface area contributed by atoms with Crippen LogP contribution in [0.2, 0.25) is 0 Å². The monoisotopic (exact) mass is 407 g/mol. The van der Waals surface area contributed by atoms with Crippen LogP contribution in [0.15, 0.2) is 61.6 Å². The fourth-order valence-electron chi connectivity index (χ4n) is 4.16. The summed E-state index contributed by atoms with van der Waals surface area (Å²) in [6.07, 6.45) is 8.88. The number of hydrogen-bond donors (Lipinski definition) is 1. The van der Waals surface area contributed by atoms with Crippen molar-refractivity contribution < 1.29 is 14.6 Å². The number of aromatic nitrogens is 2. The van der Waals surface area contributed by atoms with Crippen molar-refractivity contribution in [3.8, 4) is 11.5 Å². The van der Waals surface area contributed by atoms with Gasteiger partial charge >= 0.3 is 0 Å². The number of piperidine rings is 1. The van der Waals surface area contributed by atoms with Crippen LogP contribution in [0, 0.1) is 0 Å². The van der Waals surface area contributed by atoms with Crippen molar-refractivity contribution >= 4 is 10.9 Å². The normalized spacial score (nSPS) is 16.5. The van der Waals surface area contributed by atoms with Crippen molar-refractivity contribution in [1.29, 1.82) is 0 Å². The van der Waals surface area contributed by atoms with E-state index < -0.39 is 5.60 Å². The highest BCUT2D eigenvalue weighted by Gasteiger charge is 2.33. The van der Waals surface area contributed by atoms with E-state index in [1.54, 1.807) is 19.4 Å². The van der Waals surface area contributed by atoms with Crippen molar-refractivity contribution in [2.45, 2.75) is 31.5 Å². The van der Waals surface area contributed by atoms with Crippen molar-refractivity contribution in [2.75, 3.05) is 26.8 Å². The van der Waals surface area contributed by atoms with Crippen LogP contribution in [-0.2, 0) is 13.1 Å². The van der Waals surface area contributed by atoms with E-state index in [1.807, 2.05) is 30.6 Å². The number of pyridine rings is 1. The maximum Gasteiger partial charge on any atom is 0.166 e. The van der Waals surface area contributed by atoms with E-state index in [1.165, 1.54) is 0 Å². The summed E-state index contributed by atoms with van der Waals surface area (Å²) in [6, 6.07) is 10.0. The van der Waals surface area contributed by atoms with Gasteiger partial charge in [0.05, 0.1) is 31.0 Å². The quantitative estimate of drug-likeness (QED) is 0.578. The van der Waals surface area contributed by atoms with Crippen molar-refractivity contribution in [3.63, 3.8) is 0 Å². The van der Waals surface area contributed by atoms with Gasteiger partial charge in [-0.25, -0.2) is 0 Å². The van der Waals surface area contributed by atoms with Crippen LogP contribution in [0.5, 0.6) is 11.5 Å². The van der Waals surface area contributed by atoms with Gasteiger partial charge in [0.25, 0.3) is 0 Å². The molecule has 0 radical (unpaired) electrons. The number of benzene rings is 1. The molecule has 0 unspecified atom stereocenters. The zero-order chi connectivity index (χ0) is 21.0. The molecular weight excluding hydrogens is 378 g/mol. The maximum absolute atomic E-state index is 11.2. The standard InChI is InChI=1S/C24H29N3O3/c1-3-15-30-23-20(5-4-6-22(23)29-2)17-26-13-9-24(28,10-14-26)18-27-12-8-19-7-11-25-16-21(19)27/h3-8,11-12,16,28H,1,9-10,13-15,17-18H2,2H3. The molecule has 4 rings (SSSR count). The smallest absolute Gasteiger partial charge is 0.166 e. The Balaban J connectivity index is 1.42. The lowest BCUT2D eigenvalue weighted by molar-refractivity contribution is -0.0350. The molecule has 1 aliphatic heterocycles. The Hall–Kier alpha value is -2.83. The van der Waals surface area contributed by atoms with Gasteiger partial charge in [0.1, 0.15) is 6.61 Å². The SMILES string of the molecule is C=CCOc1c(CN2CCC(O)(Cn3ccc4ccncc43)CC2)cccc1OC. The Labute approximate surface area is 177 Å². The van der Waals surface area contributed by atoms with Gasteiger partial charge in [0, 0.05) is 43.0 Å². The minimum absolute atomic E-state index is 0.437. The second-order valence-electron chi connectivity index (χ2n) is 7.93. The van der Waals surface area contributed by atoms with Gasteiger partial charge in [-0.3, -0.25) is 9.88 Å². The van der Waals surface area contributed by atoms with Crippen molar-refractivity contribution in [1.82, 2.24) is 14.5 Å². The van der Waals surface area contributed by atoms with Crippen LogP contribution in [0.3, 0.4) is 0 Å². The maximum atomic E-state index is 11.2. The minimum atomic E-state index is -0.713. The lowest BCUT2D eigenvalue weighted by Crippen LogP contribution is -2.46. The van der Waals surface area contributed by atoms with E-state index in [2.05, 4.69) is 33.2 Å². The third kappa shape index (κ3) is 4.35. The number of para-hydroxylation sites is 1. The average molecular weight is 408 g/mol. The highest BCUT2D eigenvalue weighted by Crippen LogP contribution is 2.33. The molecule has 3 aromatic rings. The molecule has 6 nitrogen and oxygen atoms in total. The Morgan fingerprint density at radius 1 is 1.23 bits per heavy atom. The van der Waals surface area contributed by atoms with Gasteiger partial charge in [-0.15, -0.1) is 0 Å². The summed E-state index contributed by atoms with van der Waals surface area (Å²) in [6.45, 7) is 7.17. The molecule has 0 bridgehead atoms. The molecule has 0 atom stereocenters. The van der Waals surface area contributed by atoms with Crippen LogP contribution >= 0.6 is 0 Å². The Bertz CT molecular complexity index is 1010. The largest absolute Gasteiger partial charge is 0.493 e. The van der Waals surface area contributed by atoms with E-state index in [-0.39, 0.29) is 0 Å². The van der Waals surface area contributed by atoms with Gasteiger partial charge < -0.3 is 19.1 Å². The fourth-order valence-corrected chi connectivity index (χ4v) is 4.16. The molecule has 1 fully saturated rings. The Kier molecular flexibility index (Phi) is 6.06. The van der Waals surface area contributed by atoms with E-state index in [9.17, 15) is 5.11 Å². The molecule has 2 aromatic heterocycles. The number of hydrogen-bond acceptors (Lipinski definition) is 5. The molecule has 6 heteroatoms. The average Bonchev–Trinajstić information content (AvgIpc) is 3.17. The molecule has 1 N–H and O–H groups in total. The summed E-state index contributed by atoms with van der Waals surface area (Å²) in [5, 5.41) is 12.4. The number of fused-ring (bicyclic) bond motifs is 1. The first kappa shape index (κ1) is 20.4. The van der Waals surface area contributed by atoms with Gasteiger partial charge in [0.15, 0.2) is 11.5 Å². The second kappa shape index (κ2) is 8.90. The summed E-state index contributed by atoms with van der Waals surface area (Å²) < 4.78 is 13.5. The number of aliphatic hydroxyl groups is 1. The first-order valence-electron chi connectivity index (χ1n) is 10.3. The third-order valence-electron chi connectivity index (χ3n) is 5.85. The molecular formula is C24H29N3O3. The number of ether oxygens (including phenoxy) is 2. The topological polar surface area (TPSA) is 59.8 Å². The number of nitrogens with zero attached hydrogens (tertiary/aromatic N) is 3. The molecule has 1 saturated heterocycles. The predicted octanol–water partition coefficient (Wildman–Crippen LogP) is 3.64. The van der Waals surface area contributed by atoms with Gasteiger partial charge in [-0.1, -0.05) is 24.8 Å². The zero-order valence-corrected chi connectivity index (χ0v) is 17.5. The lowest BCUT2D eigenvalue weighted by Gasteiger charge is -2.38. The van der Waals surface area contributed by atoms with Crippen LogP contribution in [0.4, 0.5) is 0 Å². The lowest BCUT2D eigenvalue weighted by atomic mass is 9.91. The minimum Gasteiger partial charge on any atom is -0.493 e. The van der Waals surface area contributed by atoms with Crippen LogP contribution in [0.25, 0.3) is 10.9 Å². The summed E-state index contributed by atoms with van der Waals surface area (Å²) in [5.41, 5.74) is 1.44. The summed E-state index contributed by atoms with van der Waals surface area (Å²) in [7, 11) is 1.65. The molecule has 0 saturated carbocycles. The first-order valence-corrected chi connectivity index (χ1v) is 10.3. The predicted molar refractivity (Wildman–Crippen MR) is 118 cm³/mol. The van der Waals surface area contributed by atoms with Crippen molar-refractivity contribution in [3.05, 3.63) is 67.1 Å². The zero-order valence-electron chi connectivity index (χ0n) is 17.5. The molecule has 0 spiro atoms. The summed E-state index contributed by atoms with van der Waals surface area (Å²) in [4.78, 5) is 6.59. The molecule has 158 valence electrons. The highest BCUT2D eigenvalue weighted by atomic mass is 16.5. The number of rotatable bonds is 8. The van der Waals surface area contributed by atoms with E-state index >= 15 is 0 Å². The van der Waals surface area contributed by atoms with Gasteiger partial charge in [0.2, 0.25) is 0 Å². The van der Waals surface area contributed by atoms with E-state index in [0.717, 1.165) is 60.4 Å². The Morgan fingerprint density at radius 3 is 2.83 bits per heavy atom. The molecule has 0 amide bonds. The van der Waals surface area contributed by atoms with Gasteiger partial charge in [-0.2, -0.15) is 0 Å². The first-order chi connectivity index (χ1) is 14.6. The summed E-state index contributed by atoms with van der Waals surface area (Å²) in [5.74, 6) is 1.50. The van der Waals surface area contributed by atoms with Crippen LogP contribution in [-0.4, -0.2) is 52.0 Å². The molecule has 1 aliphatic rings. The molecule has 1 aromatic carbocycles. The molecule has 30 heavy (non-hydrogen) atoms. The highest BCUT2D eigenvalue weighted by molar-refractivity contribution is 5.78. The van der Waals surface area contributed by atoms with E-state index in [0.29, 0.717) is 13.2 Å². The third-order valence-corrected chi connectivity index (χ3v) is 5.85. The van der Waals surface area contributed by atoms with Gasteiger partial charge in [-0.05, 0) is 31.0 Å². The summed E-state index contributed by atoms with van der Waals surface area (Å²) >= 11 is 0. The second-order valence-corrected chi connectivity index (χ2v) is 7.93. The Morgan fingerprint density at radius 2 is 2.07 bits per heavy atom. The van der Waals surface area contributed by atoms with E-state index in [4.69, 9.17) is 9.47 Å². The van der Waals surface area contributed by atoms with Crippen LogP contribution in [0.1, 0.15) is 18.4 Å². The number of methoxy groups -OCH3 is 1. The van der Waals surface area contributed by atoms with Crippen molar-refractivity contribution in [2.24, 2.45) is 0 Å².